The average molecular weight is 606 g/mol. The van der Waals surface area contributed by atoms with Gasteiger partial charge in [-0.25, -0.2) is 0 Å². The lowest BCUT2D eigenvalue weighted by atomic mass is 9.44. The Morgan fingerprint density at radius 3 is 2.00 bits per heavy atom. The molecule has 5 fully saturated rings. The summed E-state index contributed by atoms with van der Waals surface area (Å²) in [4.78, 5) is 48.8. The van der Waals surface area contributed by atoms with Crippen molar-refractivity contribution in [1.82, 2.24) is 5.32 Å². The minimum atomic E-state index is -1.07. The Hall–Kier alpha value is -2.20. The van der Waals surface area contributed by atoms with Crippen molar-refractivity contribution in [3.8, 4) is 0 Å². The van der Waals surface area contributed by atoms with Crippen molar-refractivity contribution >= 4 is 23.8 Å². The quantitative estimate of drug-likeness (QED) is 0.268. The summed E-state index contributed by atoms with van der Waals surface area (Å²) in [6.07, 6.45) is 4.74. The number of nitrogens with one attached hydrogen (secondary N) is 1. The van der Waals surface area contributed by atoms with Crippen LogP contribution in [0.2, 0.25) is 0 Å². The van der Waals surface area contributed by atoms with Gasteiger partial charge in [0.15, 0.2) is 24.6 Å². The molecular weight excluding hydrogens is 554 g/mol. The van der Waals surface area contributed by atoms with E-state index < -0.39 is 48.6 Å². The molecule has 13 atom stereocenters. The van der Waals surface area contributed by atoms with Gasteiger partial charge in [-0.1, -0.05) is 13.8 Å². The van der Waals surface area contributed by atoms with Crippen LogP contribution in [0.15, 0.2) is 0 Å². The molecule has 4 aliphatic carbocycles. The standard InChI is InChI=1S/C33H51NO9/c1-17-27(40-18(2)35)28(41-19(3)36)29(42-20(4)37)31(39-17)43-22-12-14-32(5)21(16-22)8-9-23-24-10-11-26(30(38)34-7)33(24,6)15-13-25(23)32/h17,21-29,31H,8-16H2,1-7H3,(H,34,38)/t17-,21?,22?,23+,24+,25-,26?,27-,28+,29+,31+,32+,33+/m1/s1. The first-order valence-corrected chi connectivity index (χ1v) is 16.3. The predicted molar refractivity (Wildman–Crippen MR) is 155 cm³/mol. The summed E-state index contributed by atoms with van der Waals surface area (Å²) in [6, 6.07) is 0. The molecule has 5 aliphatic rings. The molecule has 1 heterocycles. The topological polar surface area (TPSA) is 126 Å². The highest BCUT2D eigenvalue weighted by Crippen LogP contribution is 2.67. The summed E-state index contributed by atoms with van der Waals surface area (Å²) in [5.74, 6) is 1.04. The molecule has 0 aromatic rings. The Kier molecular flexibility index (Phi) is 9.21. The third-order valence-corrected chi connectivity index (χ3v) is 12.1. The van der Waals surface area contributed by atoms with E-state index in [9.17, 15) is 19.2 Å². The van der Waals surface area contributed by atoms with Crippen molar-refractivity contribution < 1.29 is 42.9 Å². The smallest absolute Gasteiger partial charge is 0.303 e. The van der Waals surface area contributed by atoms with Crippen LogP contribution in [0, 0.1) is 40.4 Å². The highest BCUT2D eigenvalue weighted by Gasteiger charge is 2.61. The molecular formula is C33H51NO9. The summed E-state index contributed by atoms with van der Waals surface area (Å²) < 4.78 is 29.4. The summed E-state index contributed by atoms with van der Waals surface area (Å²) in [6.45, 7) is 10.4. The van der Waals surface area contributed by atoms with Gasteiger partial charge < -0.3 is 29.0 Å². The second-order valence-corrected chi connectivity index (χ2v) is 14.4. The van der Waals surface area contributed by atoms with E-state index >= 15 is 0 Å². The average Bonchev–Trinajstić information content (AvgIpc) is 3.29. The van der Waals surface area contributed by atoms with Crippen molar-refractivity contribution in [3.63, 3.8) is 0 Å². The summed E-state index contributed by atoms with van der Waals surface area (Å²) in [5.41, 5.74) is 0.305. The second kappa shape index (κ2) is 12.3. The third-order valence-electron chi connectivity index (χ3n) is 12.1. The van der Waals surface area contributed by atoms with Gasteiger partial charge in [0.2, 0.25) is 5.91 Å². The fourth-order valence-electron chi connectivity index (χ4n) is 10.2. The minimum Gasteiger partial charge on any atom is -0.456 e. The fraction of sp³-hybridized carbons (Fsp3) is 0.879. The number of carbonyl (C=O) groups is 4. The molecule has 0 radical (unpaired) electrons. The van der Waals surface area contributed by atoms with Gasteiger partial charge >= 0.3 is 17.9 Å². The van der Waals surface area contributed by atoms with E-state index in [1.54, 1.807) is 14.0 Å². The van der Waals surface area contributed by atoms with Gasteiger partial charge in [-0.05, 0) is 99.2 Å². The summed E-state index contributed by atoms with van der Waals surface area (Å²) in [5, 5.41) is 2.93. The monoisotopic (exact) mass is 605 g/mol. The van der Waals surface area contributed by atoms with Crippen LogP contribution in [-0.4, -0.2) is 67.7 Å². The van der Waals surface area contributed by atoms with E-state index in [0.717, 1.165) is 44.9 Å². The number of rotatable bonds is 6. The van der Waals surface area contributed by atoms with E-state index in [0.29, 0.717) is 23.7 Å². The molecule has 0 bridgehead atoms. The van der Waals surface area contributed by atoms with E-state index in [1.807, 2.05) is 0 Å². The number of hydrogen-bond acceptors (Lipinski definition) is 9. The molecule has 10 heteroatoms. The van der Waals surface area contributed by atoms with Crippen molar-refractivity contribution in [1.29, 1.82) is 0 Å². The maximum atomic E-state index is 12.8. The van der Waals surface area contributed by atoms with Crippen LogP contribution in [-0.2, 0) is 42.9 Å². The molecule has 242 valence electrons. The highest BCUT2D eigenvalue weighted by molar-refractivity contribution is 5.79. The number of fused-ring (bicyclic) bond motifs is 5. The van der Waals surface area contributed by atoms with Crippen LogP contribution in [0.3, 0.4) is 0 Å². The van der Waals surface area contributed by atoms with Gasteiger partial charge in [-0.2, -0.15) is 0 Å². The number of carbonyl (C=O) groups excluding carboxylic acids is 4. The number of amides is 1. The first kappa shape index (κ1) is 32.2. The third kappa shape index (κ3) is 5.95. The Labute approximate surface area is 255 Å². The van der Waals surface area contributed by atoms with Crippen LogP contribution in [0.5, 0.6) is 0 Å². The van der Waals surface area contributed by atoms with E-state index in [2.05, 4.69) is 19.2 Å². The Morgan fingerprint density at radius 2 is 1.35 bits per heavy atom. The molecule has 1 N–H and O–H groups in total. The molecule has 1 aliphatic heterocycles. The van der Waals surface area contributed by atoms with E-state index in [1.165, 1.54) is 33.6 Å². The molecule has 1 saturated heterocycles. The largest absolute Gasteiger partial charge is 0.456 e. The molecule has 0 aromatic heterocycles. The van der Waals surface area contributed by atoms with Crippen molar-refractivity contribution in [3.05, 3.63) is 0 Å². The minimum absolute atomic E-state index is 0.0912. The lowest BCUT2D eigenvalue weighted by molar-refractivity contribution is -0.315. The van der Waals surface area contributed by atoms with Gasteiger partial charge in [0, 0.05) is 33.7 Å². The molecule has 0 spiro atoms. The second-order valence-electron chi connectivity index (χ2n) is 14.4. The zero-order valence-corrected chi connectivity index (χ0v) is 26.9. The number of esters is 3. The van der Waals surface area contributed by atoms with Crippen molar-refractivity contribution in [2.75, 3.05) is 7.05 Å². The van der Waals surface area contributed by atoms with Gasteiger partial charge in [0.05, 0.1) is 12.2 Å². The van der Waals surface area contributed by atoms with E-state index in [4.69, 9.17) is 23.7 Å². The lowest BCUT2D eigenvalue weighted by Crippen LogP contribution is -2.62. The Bertz CT molecular complexity index is 1100. The molecule has 0 aromatic carbocycles. The van der Waals surface area contributed by atoms with Gasteiger partial charge in [0.1, 0.15) is 0 Å². The van der Waals surface area contributed by atoms with Gasteiger partial charge in [-0.3, -0.25) is 19.2 Å². The lowest BCUT2D eigenvalue weighted by Gasteiger charge is -2.61. The first-order chi connectivity index (χ1) is 20.3. The van der Waals surface area contributed by atoms with Crippen LogP contribution in [0.4, 0.5) is 0 Å². The summed E-state index contributed by atoms with van der Waals surface area (Å²) >= 11 is 0. The molecule has 10 nitrogen and oxygen atoms in total. The zero-order valence-electron chi connectivity index (χ0n) is 26.9. The zero-order chi connectivity index (χ0) is 31.3. The molecule has 43 heavy (non-hydrogen) atoms. The number of hydrogen-bond donors (Lipinski definition) is 1. The van der Waals surface area contributed by atoms with Crippen LogP contribution in [0.1, 0.15) is 99.3 Å². The fourth-order valence-corrected chi connectivity index (χ4v) is 10.2. The Morgan fingerprint density at radius 1 is 0.744 bits per heavy atom. The normalized spacial score (nSPS) is 45.5. The molecule has 3 unspecified atom stereocenters. The molecule has 1 amide bonds. The first-order valence-electron chi connectivity index (χ1n) is 16.3. The van der Waals surface area contributed by atoms with Gasteiger partial charge in [0.25, 0.3) is 0 Å². The van der Waals surface area contributed by atoms with Crippen LogP contribution in [0.25, 0.3) is 0 Å². The SMILES string of the molecule is CNC(=O)C1CC[C@H]2[C@@H]3CCC4CC(O[C@@H]5O[C@H](C)[C@@H](OC(C)=O)[C@H](OC(C)=O)[C@@H]5OC(C)=O)CC[C@]4(C)[C@@H]3CC[C@]12C. The van der Waals surface area contributed by atoms with Crippen molar-refractivity contribution in [2.45, 2.75) is 136 Å². The van der Waals surface area contributed by atoms with Crippen molar-refractivity contribution in [2.24, 2.45) is 40.4 Å². The number of ether oxygens (including phenoxy) is 5. The highest BCUT2D eigenvalue weighted by atomic mass is 16.7. The van der Waals surface area contributed by atoms with Gasteiger partial charge in [-0.15, -0.1) is 0 Å². The molecule has 5 rings (SSSR count). The maximum Gasteiger partial charge on any atom is 0.303 e. The molecule has 4 saturated carbocycles. The maximum absolute atomic E-state index is 12.8. The van der Waals surface area contributed by atoms with Crippen LogP contribution >= 0.6 is 0 Å². The van der Waals surface area contributed by atoms with E-state index in [-0.39, 0.29) is 28.8 Å². The Balaban J connectivity index is 1.29. The van der Waals surface area contributed by atoms with Crippen LogP contribution < -0.4 is 5.32 Å². The predicted octanol–water partition coefficient (Wildman–Crippen LogP) is 4.32. The summed E-state index contributed by atoms with van der Waals surface area (Å²) in [7, 11) is 1.76.